The summed E-state index contributed by atoms with van der Waals surface area (Å²) in [6.07, 6.45) is 0.489. The molecular weight excluding hydrogens is 238 g/mol. The molecule has 0 aliphatic carbocycles. The summed E-state index contributed by atoms with van der Waals surface area (Å²) in [5, 5.41) is 0. The zero-order valence-electron chi connectivity index (χ0n) is 12.5. The van der Waals surface area contributed by atoms with Crippen LogP contribution in [0.3, 0.4) is 0 Å². The molecule has 0 unspecified atom stereocenters. The zero-order valence-corrected chi connectivity index (χ0v) is 12.5. The summed E-state index contributed by atoms with van der Waals surface area (Å²) >= 11 is 0. The van der Waals surface area contributed by atoms with Crippen molar-refractivity contribution < 1.29 is 9.53 Å². The first-order valence-electron chi connectivity index (χ1n) is 6.50. The third kappa shape index (κ3) is 4.12. The SMILES string of the molecule is C=C(CC)c1ccccc1N(C)C(=O)OC(C)(C)C. The number of allylic oxidation sites excluding steroid dienone is 1. The van der Waals surface area contributed by atoms with Gasteiger partial charge in [0.25, 0.3) is 0 Å². The van der Waals surface area contributed by atoms with E-state index in [1.165, 1.54) is 4.90 Å². The monoisotopic (exact) mass is 261 g/mol. The molecule has 0 aliphatic rings. The van der Waals surface area contributed by atoms with E-state index in [1.54, 1.807) is 7.05 Å². The molecule has 0 radical (unpaired) electrons. The number of amides is 1. The first kappa shape index (κ1) is 15.3. The first-order chi connectivity index (χ1) is 8.76. The topological polar surface area (TPSA) is 29.5 Å². The van der Waals surface area contributed by atoms with Gasteiger partial charge in [-0.3, -0.25) is 4.90 Å². The quantitative estimate of drug-likeness (QED) is 0.802. The second kappa shape index (κ2) is 5.91. The Kier molecular flexibility index (Phi) is 4.76. The molecular formula is C16H23NO2. The van der Waals surface area contributed by atoms with Crippen LogP contribution in [0.1, 0.15) is 39.7 Å². The van der Waals surface area contributed by atoms with Crippen LogP contribution < -0.4 is 4.90 Å². The van der Waals surface area contributed by atoms with Crippen LogP contribution in [-0.4, -0.2) is 18.7 Å². The number of carbonyl (C=O) groups excluding carboxylic acids is 1. The summed E-state index contributed by atoms with van der Waals surface area (Å²) in [5.74, 6) is 0. The molecule has 104 valence electrons. The molecule has 0 fully saturated rings. The Bertz CT molecular complexity index is 472. The highest BCUT2D eigenvalue weighted by atomic mass is 16.6. The van der Waals surface area contributed by atoms with Crippen molar-refractivity contribution in [2.45, 2.75) is 39.7 Å². The van der Waals surface area contributed by atoms with E-state index in [9.17, 15) is 4.79 Å². The Morgan fingerprint density at radius 2 is 1.89 bits per heavy atom. The van der Waals surface area contributed by atoms with Crippen LogP contribution in [0.15, 0.2) is 30.8 Å². The van der Waals surface area contributed by atoms with Gasteiger partial charge in [-0.2, -0.15) is 0 Å². The molecule has 0 aliphatic heterocycles. The molecule has 3 nitrogen and oxygen atoms in total. The number of nitrogens with zero attached hydrogens (tertiary/aromatic N) is 1. The second-order valence-electron chi connectivity index (χ2n) is 5.51. The number of carbonyl (C=O) groups is 1. The molecule has 0 atom stereocenters. The van der Waals surface area contributed by atoms with Gasteiger partial charge in [-0.1, -0.05) is 31.7 Å². The van der Waals surface area contributed by atoms with Gasteiger partial charge in [-0.15, -0.1) is 0 Å². The molecule has 1 amide bonds. The van der Waals surface area contributed by atoms with E-state index in [0.717, 1.165) is 23.2 Å². The average Bonchev–Trinajstić information content (AvgIpc) is 2.35. The van der Waals surface area contributed by atoms with Crippen molar-refractivity contribution in [3.05, 3.63) is 36.4 Å². The lowest BCUT2D eigenvalue weighted by atomic mass is 10.0. The van der Waals surface area contributed by atoms with Gasteiger partial charge < -0.3 is 4.74 Å². The van der Waals surface area contributed by atoms with E-state index >= 15 is 0 Å². The fourth-order valence-corrected chi connectivity index (χ4v) is 1.68. The van der Waals surface area contributed by atoms with Crippen LogP contribution in [0.5, 0.6) is 0 Å². The molecule has 1 aromatic carbocycles. The smallest absolute Gasteiger partial charge is 0.414 e. The fourth-order valence-electron chi connectivity index (χ4n) is 1.68. The third-order valence-corrected chi connectivity index (χ3v) is 2.74. The van der Waals surface area contributed by atoms with Crippen molar-refractivity contribution in [1.29, 1.82) is 0 Å². The number of benzene rings is 1. The van der Waals surface area contributed by atoms with Gasteiger partial charge in [-0.25, -0.2) is 4.79 Å². The normalized spacial score (nSPS) is 11.0. The van der Waals surface area contributed by atoms with Crippen molar-refractivity contribution in [1.82, 2.24) is 0 Å². The Morgan fingerprint density at radius 3 is 2.42 bits per heavy atom. The first-order valence-corrected chi connectivity index (χ1v) is 6.50. The highest BCUT2D eigenvalue weighted by Gasteiger charge is 2.22. The molecule has 1 aromatic rings. The number of hydrogen-bond donors (Lipinski definition) is 0. The third-order valence-electron chi connectivity index (χ3n) is 2.74. The number of rotatable bonds is 3. The summed E-state index contributed by atoms with van der Waals surface area (Å²) < 4.78 is 5.38. The molecule has 0 spiro atoms. The molecule has 1 rings (SSSR count). The Balaban J connectivity index is 3.03. The van der Waals surface area contributed by atoms with E-state index in [1.807, 2.05) is 52.0 Å². The maximum atomic E-state index is 12.1. The number of hydrogen-bond acceptors (Lipinski definition) is 2. The minimum absolute atomic E-state index is 0.358. The summed E-state index contributed by atoms with van der Waals surface area (Å²) in [6.45, 7) is 11.7. The van der Waals surface area contributed by atoms with Gasteiger partial charge in [0.15, 0.2) is 0 Å². The van der Waals surface area contributed by atoms with Crippen molar-refractivity contribution in [3.8, 4) is 0 Å². The molecule has 19 heavy (non-hydrogen) atoms. The Morgan fingerprint density at radius 1 is 1.32 bits per heavy atom. The van der Waals surface area contributed by atoms with Crippen LogP contribution in [0.2, 0.25) is 0 Å². The van der Waals surface area contributed by atoms with Crippen LogP contribution in [0.25, 0.3) is 5.57 Å². The molecule has 0 heterocycles. The van der Waals surface area contributed by atoms with Crippen molar-refractivity contribution >= 4 is 17.4 Å². The zero-order chi connectivity index (χ0) is 14.6. The van der Waals surface area contributed by atoms with Crippen molar-refractivity contribution in [2.75, 3.05) is 11.9 Å². The lowest BCUT2D eigenvalue weighted by molar-refractivity contribution is 0.0589. The largest absolute Gasteiger partial charge is 0.443 e. The van der Waals surface area contributed by atoms with Gasteiger partial charge in [0.2, 0.25) is 0 Å². The summed E-state index contributed by atoms with van der Waals surface area (Å²) in [5.41, 5.74) is 2.31. The average molecular weight is 261 g/mol. The second-order valence-corrected chi connectivity index (χ2v) is 5.51. The molecule has 0 bridgehead atoms. The van der Waals surface area contributed by atoms with Crippen LogP contribution in [-0.2, 0) is 4.74 Å². The van der Waals surface area contributed by atoms with E-state index < -0.39 is 5.60 Å². The summed E-state index contributed by atoms with van der Waals surface area (Å²) in [4.78, 5) is 13.6. The lowest BCUT2D eigenvalue weighted by Crippen LogP contribution is -2.34. The molecule has 0 saturated carbocycles. The number of para-hydroxylation sites is 1. The van der Waals surface area contributed by atoms with Crippen LogP contribution >= 0.6 is 0 Å². The van der Waals surface area contributed by atoms with Gasteiger partial charge >= 0.3 is 6.09 Å². The van der Waals surface area contributed by atoms with E-state index in [-0.39, 0.29) is 6.09 Å². The van der Waals surface area contributed by atoms with E-state index in [0.29, 0.717) is 0 Å². The molecule has 0 aromatic heterocycles. The van der Waals surface area contributed by atoms with E-state index in [4.69, 9.17) is 4.74 Å². The molecule has 0 saturated heterocycles. The highest BCUT2D eigenvalue weighted by Crippen LogP contribution is 2.28. The minimum atomic E-state index is -0.498. The summed E-state index contributed by atoms with van der Waals surface area (Å²) in [7, 11) is 1.72. The van der Waals surface area contributed by atoms with Gasteiger partial charge in [0.05, 0.1) is 5.69 Å². The lowest BCUT2D eigenvalue weighted by Gasteiger charge is -2.26. The Labute approximate surface area is 115 Å². The van der Waals surface area contributed by atoms with E-state index in [2.05, 4.69) is 6.58 Å². The van der Waals surface area contributed by atoms with Crippen LogP contribution in [0, 0.1) is 0 Å². The number of ether oxygens (including phenoxy) is 1. The molecule has 0 N–H and O–H groups in total. The van der Waals surface area contributed by atoms with Crippen molar-refractivity contribution in [3.63, 3.8) is 0 Å². The predicted molar refractivity (Wildman–Crippen MR) is 80.4 cm³/mol. The maximum absolute atomic E-state index is 12.1. The highest BCUT2D eigenvalue weighted by molar-refractivity contribution is 5.91. The van der Waals surface area contributed by atoms with Gasteiger partial charge in [0, 0.05) is 12.6 Å². The summed E-state index contributed by atoms with van der Waals surface area (Å²) in [6, 6.07) is 7.73. The van der Waals surface area contributed by atoms with Gasteiger partial charge in [0.1, 0.15) is 5.60 Å². The van der Waals surface area contributed by atoms with Gasteiger partial charge in [-0.05, 0) is 38.8 Å². The van der Waals surface area contributed by atoms with Crippen LogP contribution in [0.4, 0.5) is 10.5 Å². The fraction of sp³-hybridized carbons (Fsp3) is 0.438. The minimum Gasteiger partial charge on any atom is -0.443 e. The van der Waals surface area contributed by atoms with Crippen molar-refractivity contribution in [2.24, 2.45) is 0 Å². The number of anilines is 1. The Hall–Kier alpha value is -1.77. The maximum Gasteiger partial charge on any atom is 0.414 e. The predicted octanol–water partition coefficient (Wildman–Crippen LogP) is 4.48. The molecule has 3 heteroatoms. The standard InChI is InChI=1S/C16H23NO2/c1-7-12(2)13-10-8-9-11-14(13)17(6)15(18)19-16(3,4)5/h8-11H,2,7H2,1,3-6H3.